The first-order valence-corrected chi connectivity index (χ1v) is 18.0. The van der Waals surface area contributed by atoms with Crippen molar-refractivity contribution in [1.29, 1.82) is 10.5 Å². The number of carbonyl (C=O) groups is 4. The number of imidazole rings is 1. The zero-order chi connectivity index (χ0) is 39.5. The fourth-order valence-corrected chi connectivity index (χ4v) is 5.39. The van der Waals surface area contributed by atoms with Crippen LogP contribution in [0.15, 0.2) is 67.3 Å². The van der Waals surface area contributed by atoms with Crippen molar-refractivity contribution in [2.75, 3.05) is 0 Å². The Kier molecular flexibility index (Phi) is 14.9. The van der Waals surface area contributed by atoms with Gasteiger partial charge in [-0.25, -0.2) is 4.98 Å². The highest BCUT2D eigenvalue weighted by Crippen LogP contribution is 2.46. The molecule has 0 aliphatic carbocycles. The second-order valence-electron chi connectivity index (χ2n) is 15.2. The maximum atomic E-state index is 12.8. The van der Waals surface area contributed by atoms with Crippen LogP contribution in [0.2, 0.25) is 0 Å². The average molecular weight is 776 g/mol. The minimum Gasteiger partial charge on any atom is -0.367 e. The Hall–Kier alpha value is -5.01. The SMILES string of the molecule is CC(C)(C)C(C)(C)C(C#N)(NC(=O)c1ccc(Cn2ccnc2)cc1)C(N)=O.CC(C)CC(NC(=O)c1ccc(CBr)cc1)C(=O)NC(C)(C)C#N. The van der Waals surface area contributed by atoms with Crippen LogP contribution in [0.4, 0.5) is 0 Å². The van der Waals surface area contributed by atoms with Gasteiger partial charge < -0.3 is 26.3 Å². The lowest BCUT2D eigenvalue weighted by molar-refractivity contribution is -0.129. The maximum Gasteiger partial charge on any atom is 0.258 e. The summed E-state index contributed by atoms with van der Waals surface area (Å²) in [4.78, 5) is 54.0. The van der Waals surface area contributed by atoms with Gasteiger partial charge in [0, 0.05) is 40.8 Å². The van der Waals surface area contributed by atoms with Gasteiger partial charge in [0.15, 0.2) is 0 Å². The number of nitriles is 2. The zero-order valence-corrected chi connectivity index (χ0v) is 33.1. The summed E-state index contributed by atoms with van der Waals surface area (Å²) in [5.41, 5.74) is 4.30. The molecule has 2 atom stereocenters. The van der Waals surface area contributed by atoms with E-state index in [1.54, 1.807) is 64.5 Å². The summed E-state index contributed by atoms with van der Waals surface area (Å²) < 4.78 is 1.91. The van der Waals surface area contributed by atoms with Gasteiger partial charge in [-0.3, -0.25) is 19.2 Å². The Morgan fingerprint density at radius 3 is 1.81 bits per heavy atom. The Labute approximate surface area is 315 Å². The van der Waals surface area contributed by atoms with Crippen molar-refractivity contribution < 1.29 is 19.2 Å². The molecule has 0 aliphatic rings. The number of rotatable bonds is 13. The molecule has 0 bridgehead atoms. The Morgan fingerprint density at radius 1 is 0.846 bits per heavy atom. The number of nitrogens with zero attached hydrogens (tertiary/aromatic N) is 4. The summed E-state index contributed by atoms with van der Waals surface area (Å²) in [5, 5.41) is 27.7. The third-order valence-corrected chi connectivity index (χ3v) is 9.85. The molecule has 0 saturated carbocycles. The van der Waals surface area contributed by atoms with Gasteiger partial charge in [0.25, 0.3) is 17.7 Å². The number of primary amides is 1. The minimum atomic E-state index is -1.85. The predicted molar refractivity (Wildman–Crippen MR) is 204 cm³/mol. The highest BCUT2D eigenvalue weighted by atomic mass is 79.9. The number of benzene rings is 2. The van der Waals surface area contributed by atoms with E-state index in [1.165, 1.54) is 0 Å². The summed E-state index contributed by atoms with van der Waals surface area (Å²) in [6, 6.07) is 17.5. The molecule has 4 amide bonds. The largest absolute Gasteiger partial charge is 0.367 e. The van der Waals surface area contributed by atoms with Gasteiger partial charge in [-0.15, -0.1) is 0 Å². The lowest BCUT2D eigenvalue weighted by Gasteiger charge is -2.48. The van der Waals surface area contributed by atoms with Crippen molar-refractivity contribution in [3.8, 4) is 12.1 Å². The van der Waals surface area contributed by atoms with Gasteiger partial charge in [0.2, 0.25) is 11.4 Å². The van der Waals surface area contributed by atoms with E-state index in [-0.39, 0.29) is 17.7 Å². The van der Waals surface area contributed by atoms with Crippen LogP contribution in [0.25, 0.3) is 0 Å². The second-order valence-corrected chi connectivity index (χ2v) is 15.8. The molecule has 0 fully saturated rings. The molecule has 2 unspecified atom stereocenters. The molecule has 52 heavy (non-hydrogen) atoms. The second kappa shape index (κ2) is 18.0. The van der Waals surface area contributed by atoms with Crippen LogP contribution in [0.1, 0.15) is 101 Å². The topological polar surface area (TPSA) is 196 Å². The number of carbonyl (C=O) groups excluding carboxylic acids is 4. The number of amides is 4. The molecule has 12 nitrogen and oxygen atoms in total. The molecular weight excluding hydrogens is 724 g/mol. The van der Waals surface area contributed by atoms with Crippen LogP contribution in [-0.4, -0.2) is 50.3 Å². The number of nitrogens with two attached hydrogens (primary N) is 1. The molecule has 1 heterocycles. The van der Waals surface area contributed by atoms with Crippen molar-refractivity contribution in [3.63, 3.8) is 0 Å². The van der Waals surface area contributed by atoms with Crippen LogP contribution in [0.5, 0.6) is 0 Å². The van der Waals surface area contributed by atoms with Crippen LogP contribution < -0.4 is 21.7 Å². The monoisotopic (exact) mass is 774 g/mol. The summed E-state index contributed by atoms with van der Waals surface area (Å²) in [6.07, 6.45) is 5.76. The Bertz CT molecular complexity index is 1760. The van der Waals surface area contributed by atoms with E-state index < -0.39 is 39.8 Å². The molecule has 5 N–H and O–H groups in total. The van der Waals surface area contributed by atoms with E-state index in [2.05, 4.69) is 36.9 Å². The fourth-order valence-electron chi connectivity index (χ4n) is 5.02. The van der Waals surface area contributed by atoms with E-state index in [0.29, 0.717) is 24.1 Å². The predicted octanol–water partition coefficient (Wildman–Crippen LogP) is 5.63. The van der Waals surface area contributed by atoms with Gasteiger partial charge in [-0.1, -0.05) is 88.7 Å². The Balaban J connectivity index is 0.000000365. The van der Waals surface area contributed by atoms with Crippen molar-refractivity contribution in [3.05, 3.63) is 89.5 Å². The zero-order valence-electron chi connectivity index (χ0n) is 31.5. The molecule has 13 heteroatoms. The number of aromatic nitrogens is 2. The summed E-state index contributed by atoms with van der Waals surface area (Å²) >= 11 is 3.36. The first-order chi connectivity index (χ1) is 24.1. The smallest absolute Gasteiger partial charge is 0.258 e. The lowest BCUT2D eigenvalue weighted by atomic mass is 9.58. The van der Waals surface area contributed by atoms with E-state index in [4.69, 9.17) is 11.0 Å². The molecule has 0 spiro atoms. The average Bonchev–Trinajstić information content (AvgIpc) is 3.59. The molecule has 1 aromatic heterocycles. The molecule has 3 aromatic rings. The maximum absolute atomic E-state index is 12.8. The van der Waals surface area contributed by atoms with Crippen LogP contribution >= 0.6 is 15.9 Å². The van der Waals surface area contributed by atoms with E-state index in [9.17, 15) is 24.4 Å². The third-order valence-electron chi connectivity index (χ3n) is 9.21. The molecule has 0 aliphatic heterocycles. The highest BCUT2D eigenvalue weighted by molar-refractivity contribution is 9.08. The summed E-state index contributed by atoms with van der Waals surface area (Å²) in [6.45, 7) is 17.1. The van der Waals surface area contributed by atoms with Gasteiger partial charge in [0.1, 0.15) is 17.6 Å². The van der Waals surface area contributed by atoms with E-state index >= 15 is 0 Å². The van der Waals surface area contributed by atoms with Crippen LogP contribution in [0, 0.1) is 39.4 Å². The number of nitrogens with one attached hydrogen (secondary N) is 3. The molecular formula is C39H51BrN8O4. The summed E-state index contributed by atoms with van der Waals surface area (Å²) in [7, 11) is 0. The number of hydrogen-bond donors (Lipinski definition) is 4. The van der Waals surface area contributed by atoms with E-state index in [0.717, 1.165) is 16.5 Å². The number of alkyl halides is 1. The number of hydrogen-bond acceptors (Lipinski definition) is 7. The van der Waals surface area contributed by atoms with Gasteiger partial charge >= 0.3 is 0 Å². The van der Waals surface area contributed by atoms with Gasteiger partial charge in [-0.05, 0) is 67.0 Å². The first kappa shape index (κ1) is 43.2. The molecule has 278 valence electrons. The van der Waals surface area contributed by atoms with Gasteiger partial charge in [-0.2, -0.15) is 10.5 Å². The highest BCUT2D eigenvalue weighted by Gasteiger charge is 2.57. The quantitative estimate of drug-likeness (QED) is 0.162. The van der Waals surface area contributed by atoms with E-state index in [1.807, 2.05) is 81.8 Å². The molecule has 0 radical (unpaired) electrons. The standard InChI is InChI=1S/C21H27N5O2.C18H24BrN3O2/c1-19(2,3)20(4,5)21(13-22,18(23)28)25-17(27)16-8-6-15(7-9-16)12-26-11-10-24-14-26;1-12(2)9-15(17(24)22-18(3,4)11-20)21-16(23)14-7-5-13(10-19)6-8-14/h6-11,14H,12H2,1-5H3,(H2,23,28)(H,25,27);5-8,12,15H,9-10H2,1-4H3,(H,21,23)(H,22,24). The van der Waals surface area contributed by atoms with Crippen LogP contribution in [-0.2, 0) is 21.5 Å². The van der Waals surface area contributed by atoms with Crippen molar-refractivity contribution >= 4 is 39.6 Å². The normalized spacial score (nSPS) is 13.2. The van der Waals surface area contributed by atoms with Gasteiger partial charge in [0.05, 0.1) is 12.4 Å². The van der Waals surface area contributed by atoms with Crippen molar-refractivity contribution in [2.45, 2.75) is 97.7 Å². The first-order valence-electron chi connectivity index (χ1n) is 16.9. The third kappa shape index (κ3) is 11.2. The lowest BCUT2D eigenvalue weighted by Crippen LogP contribution is -2.67. The fraction of sp³-hybridized carbons (Fsp3) is 0.462. The van der Waals surface area contributed by atoms with Crippen molar-refractivity contribution in [1.82, 2.24) is 25.5 Å². The van der Waals surface area contributed by atoms with Crippen molar-refractivity contribution in [2.24, 2.45) is 22.5 Å². The minimum absolute atomic E-state index is 0.224. The number of halogens is 1. The summed E-state index contributed by atoms with van der Waals surface area (Å²) in [5.74, 6) is -1.82. The van der Waals surface area contributed by atoms with Crippen LogP contribution in [0.3, 0.4) is 0 Å². The molecule has 2 aromatic carbocycles. The molecule has 3 rings (SSSR count). The Morgan fingerprint density at radius 2 is 1.38 bits per heavy atom. The molecule has 0 saturated heterocycles.